The second-order valence-corrected chi connectivity index (χ2v) is 6.46. The van der Waals surface area contributed by atoms with Gasteiger partial charge in [0, 0.05) is 22.1 Å². The van der Waals surface area contributed by atoms with Crippen LogP contribution in [0.25, 0.3) is 0 Å². The topological polar surface area (TPSA) is 24.9 Å². The van der Waals surface area contributed by atoms with Crippen molar-refractivity contribution in [2.45, 2.75) is 32.9 Å². The van der Waals surface area contributed by atoms with Crippen LogP contribution in [0.4, 0.5) is 4.39 Å². The van der Waals surface area contributed by atoms with Crippen molar-refractivity contribution in [2.24, 2.45) is 0 Å². The highest BCUT2D eigenvalue weighted by atomic mass is 79.9. The van der Waals surface area contributed by atoms with Gasteiger partial charge in [-0.3, -0.25) is 0 Å². The van der Waals surface area contributed by atoms with Crippen LogP contribution < -0.4 is 5.32 Å². The summed E-state index contributed by atoms with van der Waals surface area (Å²) >= 11 is 5.02. The lowest BCUT2D eigenvalue weighted by molar-refractivity contribution is 0.566. The molecule has 2 rings (SSSR count). The van der Waals surface area contributed by atoms with Crippen molar-refractivity contribution in [1.82, 2.24) is 10.3 Å². The van der Waals surface area contributed by atoms with Gasteiger partial charge in [-0.25, -0.2) is 9.37 Å². The van der Waals surface area contributed by atoms with Gasteiger partial charge in [-0.05, 0) is 37.1 Å². The molecule has 1 atom stereocenters. The first-order valence-corrected chi connectivity index (χ1v) is 7.82. The standard InChI is InChI=1S/C14H16BrFN2S/c1-3-13-8-18-14(19-13)9(2)17-7-10-4-11(15)6-12(16)5-10/h4-6,8-9,17H,3,7H2,1-2H3. The molecule has 1 unspecified atom stereocenters. The molecular formula is C14H16BrFN2S. The average Bonchev–Trinajstić information content (AvgIpc) is 2.83. The van der Waals surface area contributed by atoms with Gasteiger partial charge < -0.3 is 5.32 Å². The maximum absolute atomic E-state index is 13.3. The molecule has 19 heavy (non-hydrogen) atoms. The number of hydrogen-bond acceptors (Lipinski definition) is 3. The fraction of sp³-hybridized carbons (Fsp3) is 0.357. The first-order chi connectivity index (χ1) is 9.08. The maximum Gasteiger partial charge on any atom is 0.124 e. The van der Waals surface area contributed by atoms with Crippen LogP contribution in [0.1, 0.15) is 35.3 Å². The summed E-state index contributed by atoms with van der Waals surface area (Å²) < 4.78 is 14.0. The predicted octanol–water partition coefficient (Wildman–Crippen LogP) is 4.46. The lowest BCUT2D eigenvalue weighted by Crippen LogP contribution is -2.17. The average molecular weight is 343 g/mol. The Hall–Kier alpha value is -0.780. The van der Waals surface area contributed by atoms with Gasteiger partial charge in [-0.1, -0.05) is 22.9 Å². The number of hydrogen-bond donors (Lipinski definition) is 1. The van der Waals surface area contributed by atoms with Gasteiger partial charge in [-0.2, -0.15) is 0 Å². The minimum absolute atomic E-state index is 0.173. The molecule has 2 aromatic rings. The van der Waals surface area contributed by atoms with Gasteiger partial charge >= 0.3 is 0 Å². The van der Waals surface area contributed by atoms with E-state index in [1.165, 1.54) is 10.9 Å². The van der Waals surface area contributed by atoms with Crippen LogP contribution in [0.3, 0.4) is 0 Å². The largest absolute Gasteiger partial charge is 0.304 e. The number of nitrogens with one attached hydrogen (secondary N) is 1. The molecule has 0 saturated heterocycles. The lowest BCUT2D eigenvalue weighted by Gasteiger charge is -2.11. The number of halogens is 2. The van der Waals surface area contributed by atoms with Crippen molar-refractivity contribution in [3.8, 4) is 0 Å². The number of benzene rings is 1. The van der Waals surface area contributed by atoms with Crippen molar-refractivity contribution in [3.05, 3.63) is 50.1 Å². The Labute approximate surface area is 125 Å². The molecule has 0 bridgehead atoms. The highest BCUT2D eigenvalue weighted by molar-refractivity contribution is 9.10. The molecule has 2 nitrogen and oxygen atoms in total. The van der Waals surface area contributed by atoms with E-state index in [2.05, 4.69) is 40.1 Å². The van der Waals surface area contributed by atoms with E-state index in [9.17, 15) is 4.39 Å². The zero-order chi connectivity index (χ0) is 13.8. The molecule has 0 aliphatic rings. The molecule has 1 N–H and O–H groups in total. The quantitative estimate of drug-likeness (QED) is 0.867. The van der Waals surface area contributed by atoms with E-state index in [0.29, 0.717) is 6.54 Å². The van der Waals surface area contributed by atoms with Gasteiger partial charge in [-0.15, -0.1) is 11.3 Å². The molecule has 0 fully saturated rings. The third-order valence-electron chi connectivity index (χ3n) is 2.83. The number of thiazole rings is 1. The summed E-state index contributed by atoms with van der Waals surface area (Å²) in [7, 11) is 0. The first kappa shape index (κ1) is 14.6. The Bertz CT molecular complexity index is 536. The summed E-state index contributed by atoms with van der Waals surface area (Å²) in [4.78, 5) is 5.70. The van der Waals surface area contributed by atoms with E-state index in [0.717, 1.165) is 21.5 Å². The minimum atomic E-state index is -0.221. The maximum atomic E-state index is 13.3. The summed E-state index contributed by atoms with van der Waals surface area (Å²) in [5.74, 6) is -0.221. The second kappa shape index (κ2) is 6.59. The highest BCUT2D eigenvalue weighted by Crippen LogP contribution is 2.21. The SMILES string of the molecule is CCc1cnc(C(C)NCc2cc(F)cc(Br)c2)s1. The summed E-state index contributed by atoms with van der Waals surface area (Å²) in [6.45, 7) is 4.82. The first-order valence-electron chi connectivity index (χ1n) is 6.21. The molecule has 1 aromatic heterocycles. The van der Waals surface area contributed by atoms with E-state index in [1.54, 1.807) is 17.4 Å². The van der Waals surface area contributed by atoms with E-state index in [-0.39, 0.29) is 11.9 Å². The minimum Gasteiger partial charge on any atom is -0.304 e. The lowest BCUT2D eigenvalue weighted by atomic mass is 10.2. The monoisotopic (exact) mass is 342 g/mol. The zero-order valence-electron chi connectivity index (χ0n) is 10.9. The van der Waals surface area contributed by atoms with E-state index >= 15 is 0 Å². The Morgan fingerprint density at radius 2 is 2.21 bits per heavy atom. The van der Waals surface area contributed by atoms with Gasteiger partial charge in [0.2, 0.25) is 0 Å². The van der Waals surface area contributed by atoms with Crippen LogP contribution >= 0.6 is 27.3 Å². The predicted molar refractivity (Wildman–Crippen MR) is 80.8 cm³/mol. The Kier molecular flexibility index (Phi) is 5.07. The molecule has 0 amide bonds. The molecule has 0 spiro atoms. The number of aryl methyl sites for hydroxylation is 1. The van der Waals surface area contributed by atoms with Crippen molar-refractivity contribution < 1.29 is 4.39 Å². The van der Waals surface area contributed by atoms with Crippen molar-refractivity contribution in [1.29, 1.82) is 0 Å². The van der Waals surface area contributed by atoms with E-state index < -0.39 is 0 Å². The van der Waals surface area contributed by atoms with Crippen LogP contribution in [0, 0.1) is 5.82 Å². The molecular weight excluding hydrogens is 327 g/mol. The molecule has 5 heteroatoms. The van der Waals surface area contributed by atoms with Crippen LogP contribution in [0.5, 0.6) is 0 Å². The Morgan fingerprint density at radius 1 is 1.42 bits per heavy atom. The third-order valence-corrected chi connectivity index (χ3v) is 4.61. The molecule has 0 aliphatic heterocycles. The fourth-order valence-electron chi connectivity index (χ4n) is 1.76. The number of aromatic nitrogens is 1. The molecule has 1 heterocycles. The normalized spacial score (nSPS) is 12.6. The van der Waals surface area contributed by atoms with Crippen molar-refractivity contribution >= 4 is 27.3 Å². The van der Waals surface area contributed by atoms with Gasteiger partial charge in [0.25, 0.3) is 0 Å². The van der Waals surface area contributed by atoms with Crippen molar-refractivity contribution in [3.63, 3.8) is 0 Å². The van der Waals surface area contributed by atoms with Crippen LogP contribution in [-0.4, -0.2) is 4.98 Å². The smallest absolute Gasteiger partial charge is 0.124 e. The van der Waals surface area contributed by atoms with Crippen LogP contribution in [0.15, 0.2) is 28.9 Å². The van der Waals surface area contributed by atoms with E-state index in [4.69, 9.17) is 0 Å². The fourth-order valence-corrected chi connectivity index (χ4v) is 3.15. The molecule has 0 saturated carbocycles. The zero-order valence-corrected chi connectivity index (χ0v) is 13.3. The summed E-state index contributed by atoms with van der Waals surface area (Å²) in [6.07, 6.45) is 2.94. The van der Waals surface area contributed by atoms with Gasteiger partial charge in [0.05, 0.1) is 6.04 Å². The molecule has 1 aromatic carbocycles. The third kappa shape index (κ3) is 4.09. The van der Waals surface area contributed by atoms with Crippen LogP contribution in [-0.2, 0) is 13.0 Å². The Morgan fingerprint density at radius 3 is 2.84 bits per heavy atom. The number of rotatable bonds is 5. The second-order valence-electron chi connectivity index (χ2n) is 4.40. The number of nitrogens with zero attached hydrogens (tertiary/aromatic N) is 1. The van der Waals surface area contributed by atoms with Crippen molar-refractivity contribution in [2.75, 3.05) is 0 Å². The summed E-state index contributed by atoms with van der Waals surface area (Å²) in [5.41, 5.74) is 0.922. The Balaban J connectivity index is 1.97. The van der Waals surface area contributed by atoms with Gasteiger partial charge in [0.15, 0.2) is 0 Å². The van der Waals surface area contributed by atoms with E-state index in [1.807, 2.05) is 12.3 Å². The summed E-state index contributed by atoms with van der Waals surface area (Å²) in [5, 5.41) is 4.44. The highest BCUT2D eigenvalue weighted by Gasteiger charge is 2.10. The van der Waals surface area contributed by atoms with Gasteiger partial charge in [0.1, 0.15) is 10.8 Å². The van der Waals surface area contributed by atoms with Crippen LogP contribution in [0.2, 0.25) is 0 Å². The molecule has 102 valence electrons. The summed E-state index contributed by atoms with van der Waals surface area (Å²) in [6, 6.07) is 5.10. The molecule has 0 radical (unpaired) electrons. The molecule has 0 aliphatic carbocycles.